The Kier molecular flexibility index (Phi) is 3.98. The van der Waals surface area contributed by atoms with Gasteiger partial charge in [0.2, 0.25) is 11.8 Å². The molecule has 3 rings (SSSR count). The fourth-order valence-electron chi connectivity index (χ4n) is 2.59. The number of alkyl halides is 2. The fraction of sp³-hybridized carbons (Fsp3) is 0.500. The molecule has 118 valence electrons. The summed E-state index contributed by atoms with van der Waals surface area (Å²) in [5.41, 5.74) is 1.67. The second kappa shape index (κ2) is 5.66. The van der Waals surface area contributed by atoms with Crippen molar-refractivity contribution in [2.75, 3.05) is 5.32 Å². The number of aryl methyl sites for hydroxylation is 2. The van der Waals surface area contributed by atoms with Gasteiger partial charge in [-0.2, -0.15) is 0 Å². The predicted molar refractivity (Wildman–Crippen MR) is 83.6 cm³/mol. The number of amides is 1. The van der Waals surface area contributed by atoms with Crippen molar-refractivity contribution >= 4 is 33.7 Å². The maximum atomic E-state index is 13.2. The molecule has 1 atom stereocenters. The Bertz CT molecular complexity index is 711. The lowest BCUT2D eigenvalue weighted by molar-refractivity contribution is -0.120. The van der Waals surface area contributed by atoms with Gasteiger partial charge in [-0.3, -0.25) is 4.79 Å². The van der Waals surface area contributed by atoms with Gasteiger partial charge in [0.25, 0.3) is 0 Å². The van der Waals surface area contributed by atoms with Gasteiger partial charge in [-0.15, -0.1) is 22.7 Å². The van der Waals surface area contributed by atoms with E-state index in [1.165, 1.54) is 11.3 Å². The first-order chi connectivity index (χ1) is 10.3. The van der Waals surface area contributed by atoms with E-state index in [-0.39, 0.29) is 25.2 Å². The number of anilines is 1. The predicted octanol–water partition coefficient (Wildman–Crippen LogP) is 4.26. The van der Waals surface area contributed by atoms with E-state index >= 15 is 0 Å². The highest BCUT2D eigenvalue weighted by atomic mass is 32.1. The summed E-state index contributed by atoms with van der Waals surface area (Å²) in [7, 11) is 0. The Balaban J connectivity index is 1.70. The highest BCUT2D eigenvalue weighted by Crippen LogP contribution is 2.39. The van der Waals surface area contributed by atoms with Gasteiger partial charge in [-0.05, 0) is 20.3 Å². The molecule has 0 aromatic carbocycles. The molecule has 1 fully saturated rings. The molecule has 1 N–H and O–H groups in total. The highest BCUT2D eigenvalue weighted by Gasteiger charge is 2.42. The summed E-state index contributed by atoms with van der Waals surface area (Å²) in [6, 6.07) is 0. The SMILES string of the molecule is Cc1nc(C)c(-c2csc(NC(=O)C3CCC(F)(F)C3)n2)s1. The Labute approximate surface area is 134 Å². The Hall–Kier alpha value is -1.41. The van der Waals surface area contributed by atoms with Gasteiger partial charge in [-0.1, -0.05) is 0 Å². The number of halogens is 2. The fourth-order valence-corrected chi connectivity index (χ4v) is 4.25. The quantitative estimate of drug-likeness (QED) is 0.906. The summed E-state index contributed by atoms with van der Waals surface area (Å²) in [5, 5.41) is 5.91. The number of carbonyl (C=O) groups is 1. The molecule has 1 saturated carbocycles. The van der Waals surface area contributed by atoms with Gasteiger partial charge >= 0.3 is 0 Å². The van der Waals surface area contributed by atoms with Crippen LogP contribution in [-0.2, 0) is 4.79 Å². The zero-order valence-electron chi connectivity index (χ0n) is 12.2. The first-order valence-electron chi connectivity index (χ1n) is 6.93. The molecule has 2 heterocycles. The van der Waals surface area contributed by atoms with Crippen molar-refractivity contribution in [2.45, 2.75) is 39.0 Å². The molecule has 8 heteroatoms. The van der Waals surface area contributed by atoms with Crippen LogP contribution in [0.3, 0.4) is 0 Å². The van der Waals surface area contributed by atoms with E-state index in [1.54, 1.807) is 11.3 Å². The second-order valence-corrected chi connectivity index (χ2v) is 7.53. The number of aromatic nitrogens is 2. The van der Waals surface area contributed by atoms with Crippen molar-refractivity contribution in [3.63, 3.8) is 0 Å². The van der Waals surface area contributed by atoms with E-state index in [4.69, 9.17) is 0 Å². The molecular weight excluding hydrogens is 328 g/mol. The third-order valence-corrected chi connectivity index (χ3v) is 5.50. The second-order valence-electron chi connectivity index (χ2n) is 5.47. The van der Waals surface area contributed by atoms with Crippen LogP contribution < -0.4 is 5.32 Å². The summed E-state index contributed by atoms with van der Waals surface area (Å²) in [4.78, 5) is 21.7. The maximum Gasteiger partial charge on any atom is 0.248 e. The molecule has 0 spiro atoms. The van der Waals surface area contributed by atoms with Gasteiger partial charge in [-0.25, -0.2) is 18.7 Å². The van der Waals surface area contributed by atoms with Gasteiger partial charge < -0.3 is 5.32 Å². The molecule has 1 amide bonds. The maximum absolute atomic E-state index is 13.2. The summed E-state index contributed by atoms with van der Waals surface area (Å²) >= 11 is 2.84. The van der Waals surface area contributed by atoms with Crippen LogP contribution in [0.2, 0.25) is 0 Å². The van der Waals surface area contributed by atoms with Gasteiger partial charge in [0.1, 0.15) is 0 Å². The van der Waals surface area contributed by atoms with Gasteiger partial charge in [0, 0.05) is 24.1 Å². The smallest absolute Gasteiger partial charge is 0.248 e. The lowest BCUT2D eigenvalue weighted by atomic mass is 10.1. The zero-order valence-corrected chi connectivity index (χ0v) is 13.8. The standard InChI is InChI=1S/C14H15F2N3OS2/c1-7-11(22-8(2)17-7)10-6-21-13(18-10)19-12(20)9-3-4-14(15,16)5-9/h6,9H,3-5H2,1-2H3,(H,18,19,20). The van der Waals surface area contributed by atoms with Crippen LogP contribution in [0.15, 0.2) is 5.38 Å². The Morgan fingerprint density at radius 1 is 1.41 bits per heavy atom. The lowest BCUT2D eigenvalue weighted by Crippen LogP contribution is -2.22. The number of hydrogen-bond donors (Lipinski definition) is 1. The average Bonchev–Trinajstić information content (AvgIpc) is 3.09. The molecule has 1 unspecified atom stereocenters. The van der Waals surface area contributed by atoms with E-state index in [0.29, 0.717) is 5.13 Å². The molecule has 0 aliphatic heterocycles. The van der Waals surface area contributed by atoms with Crippen molar-refractivity contribution < 1.29 is 13.6 Å². The molecule has 22 heavy (non-hydrogen) atoms. The normalized spacial score (nSPS) is 20.3. The van der Waals surface area contributed by atoms with Crippen LogP contribution in [0, 0.1) is 19.8 Å². The van der Waals surface area contributed by atoms with Crippen LogP contribution in [0.25, 0.3) is 10.6 Å². The zero-order chi connectivity index (χ0) is 15.9. The molecule has 4 nitrogen and oxygen atoms in total. The molecule has 0 bridgehead atoms. The van der Waals surface area contributed by atoms with E-state index in [1.807, 2.05) is 19.2 Å². The van der Waals surface area contributed by atoms with E-state index in [9.17, 15) is 13.6 Å². The largest absolute Gasteiger partial charge is 0.302 e. The van der Waals surface area contributed by atoms with E-state index in [0.717, 1.165) is 21.3 Å². The topological polar surface area (TPSA) is 54.9 Å². The molecule has 2 aromatic rings. The first kappa shape index (κ1) is 15.5. The minimum absolute atomic E-state index is 0.215. The minimum Gasteiger partial charge on any atom is -0.302 e. The number of hydrogen-bond acceptors (Lipinski definition) is 5. The number of thiazole rings is 2. The van der Waals surface area contributed by atoms with Crippen LogP contribution in [0.5, 0.6) is 0 Å². The number of nitrogens with one attached hydrogen (secondary N) is 1. The molecule has 1 aliphatic rings. The van der Waals surface area contributed by atoms with Gasteiger partial charge in [0.15, 0.2) is 5.13 Å². The number of rotatable bonds is 3. The van der Waals surface area contributed by atoms with Crippen LogP contribution >= 0.6 is 22.7 Å². The molecule has 0 radical (unpaired) electrons. The lowest BCUT2D eigenvalue weighted by Gasteiger charge is -2.09. The molecular formula is C14H15F2N3OS2. The summed E-state index contributed by atoms with van der Waals surface area (Å²) < 4.78 is 26.3. The summed E-state index contributed by atoms with van der Waals surface area (Å²) in [6.45, 7) is 3.84. The Morgan fingerprint density at radius 3 is 2.77 bits per heavy atom. The third kappa shape index (κ3) is 3.17. The molecule has 1 aliphatic carbocycles. The van der Waals surface area contributed by atoms with Crippen molar-refractivity contribution in [2.24, 2.45) is 5.92 Å². The summed E-state index contributed by atoms with van der Waals surface area (Å²) in [5.74, 6) is -3.71. The van der Waals surface area contributed by atoms with Gasteiger partial charge in [0.05, 0.1) is 21.3 Å². The molecule has 2 aromatic heterocycles. The minimum atomic E-state index is -2.71. The van der Waals surface area contributed by atoms with Crippen molar-refractivity contribution in [3.8, 4) is 10.6 Å². The number of carbonyl (C=O) groups excluding carboxylic acids is 1. The third-order valence-electron chi connectivity index (χ3n) is 3.64. The average molecular weight is 343 g/mol. The number of nitrogens with zero attached hydrogens (tertiary/aromatic N) is 2. The highest BCUT2D eigenvalue weighted by molar-refractivity contribution is 7.16. The van der Waals surface area contributed by atoms with E-state index < -0.39 is 11.8 Å². The Morgan fingerprint density at radius 2 is 2.18 bits per heavy atom. The van der Waals surface area contributed by atoms with Crippen LogP contribution in [-0.4, -0.2) is 21.8 Å². The van der Waals surface area contributed by atoms with Crippen molar-refractivity contribution in [1.29, 1.82) is 0 Å². The van der Waals surface area contributed by atoms with Crippen molar-refractivity contribution in [1.82, 2.24) is 9.97 Å². The first-order valence-corrected chi connectivity index (χ1v) is 8.62. The van der Waals surface area contributed by atoms with E-state index in [2.05, 4.69) is 15.3 Å². The molecule has 0 saturated heterocycles. The summed E-state index contributed by atoms with van der Waals surface area (Å²) in [6.07, 6.45) is -0.359. The van der Waals surface area contributed by atoms with Crippen LogP contribution in [0.4, 0.5) is 13.9 Å². The van der Waals surface area contributed by atoms with Crippen LogP contribution in [0.1, 0.15) is 30.0 Å². The van der Waals surface area contributed by atoms with Crippen molar-refractivity contribution in [3.05, 3.63) is 16.1 Å². The monoisotopic (exact) mass is 343 g/mol.